The molecule has 0 amide bonds. The Morgan fingerprint density at radius 2 is 2.06 bits per heavy atom. The second-order valence-electron chi connectivity index (χ2n) is 4.24. The van der Waals surface area contributed by atoms with Crippen LogP contribution in [-0.2, 0) is 5.60 Å². The van der Waals surface area contributed by atoms with Gasteiger partial charge in [-0.05, 0) is 23.3 Å². The Balaban J connectivity index is 2.19. The standard InChI is InChI=1S/C13H13NO2/c14-11-8-13(15,12-6-3-7-16-12)10-5-2-1-4-9(10)11/h1-7,11,15H,8,14H2. The molecule has 1 aromatic heterocycles. The summed E-state index contributed by atoms with van der Waals surface area (Å²) in [6, 6.07) is 11.1. The lowest BCUT2D eigenvalue weighted by Gasteiger charge is -2.21. The van der Waals surface area contributed by atoms with E-state index in [1.807, 2.05) is 24.3 Å². The molecule has 2 unspecified atom stereocenters. The molecule has 82 valence electrons. The van der Waals surface area contributed by atoms with Gasteiger partial charge in [-0.25, -0.2) is 0 Å². The molecule has 2 aromatic rings. The zero-order valence-corrected chi connectivity index (χ0v) is 8.76. The number of hydrogen-bond acceptors (Lipinski definition) is 3. The van der Waals surface area contributed by atoms with E-state index < -0.39 is 5.60 Å². The van der Waals surface area contributed by atoms with Crippen molar-refractivity contribution in [1.82, 2.24) is 0 Å². The van der Waals surface area contributed by atoms with Crippen molar-refractivity contribution in [3.05, 3.63) is 59.5 Å². The van der Waals surface area contributed by atoms with Crippen molar-refractivity contribution in [2.45, 2.75) is 18.1 Å². The molecule has 2 atom stereocenters. The molecule has 0 bridgehead atoms. The van der Waals surface area contributed by atoms with Crippen molar-refractivity contribution in [2.24, 2.45) is 5.73 Å². The summed E-state index contributed by atoms with van der Waals surface area (Å²) in [6.45, 7) is 0. The lowest BCUT2D eigenvalue weighted by atomic mass is 9.93. The first-order valence-corrected chi connectivity index (χ1v) is 5.33. The Hall–Kier alpha value is -1.58. The van der Waals surface area contributed by atoms with Crippen LogP contribution < -0.4 is 5.73 Å². The minimum absolute atomic E-state index is 0.133. The maximum atomic E-state index is 10.7. The second kappa shape index (κ2) is 3.20. The van der Waals surface area contributed by atoms with Crippen molar-refractivity contribution in [3.8, 4) is 0 Å². The van der Waals surface area contributed by atoms with Crippen molar-refractivity contribution >= 4 is 0 Å². The van der Waals surface area contributed by atoms with Gasteiger partial charge in [-0.15, -0.1) is 0 Å². The molecule has 0 saturated heterocycles. The van der Waals surface area contributed by atoms with E-state index in [0.29, 0.717) is 12.2 Å². The number of aliphatic hydroxyl groups is 1. The minimum Gasteiger partial charge on any atom is -0.466 e. The molecule has 1 aliphatic carbocycles. The predicted octanol–water partition coefficient (Wildman–Crippen LogP) is 1.92. The topological polar surface area (TPSA) is 59.4 Å². The Bertz CT molecular complexity index is 506. The Morgan fingerprint density at radius 3 is 2.81 bits per heavy atom. The summed E-state index contributed by atoms with van der Waals surface area (Å²) in [6.07, 6.45) is 2.04. The number of fused-ring (bicyclic) bond motifs is 1. The van der Waals surface area contributed by atoms with Crippen LogP contribution in [-0.4, -0.2) is 5.11 Å². The molecule has 0 spiro atoms. The van der Waals surface area contributed by atoms with E-state index in [1.165, 1.54) is 0 Å². The average molecular weight is 215 g/mol. The van der Waals surface area contributed by atoms with Gasteiger partial charge in [-0.1, -0.05) is 24.3 Å². The van der Waals surface area contributed by atoms with E-state index in [9.17, 15) is 5.11 Å². The summed E-state index contributed by atoms with van der Waals surface area (Å²) in [5.74, 6) is 0.563. The lowest BCUT2D eigenvalue weighted by Crippen LogP contribution is -2.24. The van der Waals surface area contributed by atoms with E-state index in [-0.39, 0.29) is 6.04 Å². The highest BCUT2D eigenvalue weighted by Gasteiger charge is 2.44. The number of furan rings is 1. The van der Waals surface area contributed by atoms with Crippen molar-refractivity contribution in [2.75, 3.05) is 0 Å². The number of rotatable bonds is 1. The lowest BCUT2D eigenvalue weighted by molar-refractivity contribution is 0.0539. The zero-order chi connectivity index (χ0) is 11.2. The number of hydrogen-bond donors (Lipinski definition) is 2. The SMILES string of the molecule is NC1CC(O)(c2ccco2)c2ccccc21. The van der Waals surface area contributed by atoms with Gasteiger partial charge < -0.3 is 15.3 Å². The van der Waals surface area contributed by atoms with E-state index in [1.54, 1.807) is 18.4 Å². The van der Waals surface area contributed by atoms with Crippen LogP contribution in [0, 0.1) is 0 Å². The quantitative estimate of drug-likeness (QED) is 0.764. The first kappa shape index (κ1) is 9.63. The minimum atomic E-state index is -1.07. The highest BCUT2D eigenvalue weighted by atomic mass is 16.4. The molecule has 3 N–H and O–H groups in total. The Morgan fingerprint density at radius 1 is 1.25 bits per heavy atom. The summed E-state index contributed by atoms with van der Waals surface area (Å²) in [4.78, 5) is 0. The maximum absolute atomic E-state index is 10.7. The zero-order valence-electron chi connectivity index (χ0n) is 8.76. The summed E-state index contributed by atoms with van der Waals surface area (Å²) < 4.78 is 5.32. The van der Waals surface area contributed by atoms with Crippen LogP contribution >= 0.6 is 0 Å². The smallest absolute Gasteiger partial charge is 0.149 e. The van der Waals surface area contributed by atoms with E-state index in [2.05, 4.69) is 0 Å². The summed E-state index contributed by atoms with van der Waals surface area (Å²) in [7, 11) is 0. The average Bonchev–Trinajstić information content (AvgIpc) is 2.89. The van der Waals surface area contributed by atoms with Crippen LogP contribution in [0.5, 0.6) is 0 Å². The van der Waals surface area contributed by atoms with Gasteiger partial charge in [0.25, 0.3) is 0 Å². The van der Waals surface area contributed by atoms with Gasteiger partial charge in [0.1, 0.15) is 11.4 Å². The summed E-state index contributed by atoms with van der Waals surface area (Å²) in [5, 5.41) is 10.7. The third kappa shape index (κ3) is 1.16. The summed E-state index contributed by atoms with van der Waals surface area (Å²) >= 11 is 0. The fourth-order valence-corrected chi connectivity index (χ4v) is 2.48. The normalized spacial score (nSPS) is 28.0. The number of benzene rings is 1. The van der Waals surface area contributed by atoms with Gasteiger partial charge in [0.15, 0.2) is 0 Å². The first-order valence-electron chi connectivity index (χ1n) is 5.33. The third-order valence-electron chi connectivity index (χ3n) is 3.25. The third-order valence-corrected chi connectivity index (χ3v) is 3.25. The fourth-order valence-electron chi connectivity index (χ4n) is 2.48. The second-order valence-corrected chi connectivity index (χ2v) is 4.24. The van der Waals surface area contributed by atoms with Gasteiger partial charge in [-0.3, -0.25) is 0 Å². The van der Waals surface area contributed by atoms with Crippen molar-refractivity contribution < 1.29 is 9.52 Å². The van der Waals surface area contributed by atoms with Gasteiger partial charge in [0.05, 0.1) is 6.26 Å². The largest absolute Gasteiger partial charge is 0.466 e. The Labute approximate surface area is 93.5 Å². The van der Waals surface area contributed by atoms with E-state index in [4.69, 9.17) is 10.2 Å². The molecule has 3 nitrogen and oxygen atoms in total. The van der Waals surface area contributed by atoms with Crippen molar-refractivity contribution in [1.29, 1.82) is 0 Å². The van der Waals surface area contributed by atoms with Crippen LogP contribution in [0.15, 0.2) is 47.1 Å². The van der Waals surface area contributed by atoms with Gasteiger partial charge in [0, 0.05) is 12.5 Å². The molecule has 3 heteroatoms. The monoisotopic (exact) mass is 215 g/mol. The summed E-state index contributed by atoms with van der Waals surface area (Å²) in [5.41, 5.74) is 6.82. The van der Waals surface area contributed by atoms with E-state index >= 15 is 0 Å². The van der Waals surface area contributed by atoms with Crippen LogP contribution in [0.2, 0.25) is 0 Å². The molecule has 0 fully saturated rings. The van der Waals surface area contributed by atoms with Crippen LogP contribution in [0.3, 0.4) is 0 Å². The van der Waals surface area contributed by atoms with E-state index in [0.717, 1.165) is 11.1 Å². The van der Waals surface area contributed by atoms with Gasteiger partial charge in [0.2, 0.25) is 0 Å². The molecule has 1 aromatic carbocycles. The molecule has 16 heavy (non-hydrogen) atoms. The molecular formula is C13H13NO2. The highest BCUT2D eigenvalue weighted by molar-refractivity contribution is 5.44. The van der Waals surface area contributed by atoms with Crippen LogP contribution in [0.4, 0.5) is 0 Å². The molecular weight excluding hydrogens is 202 g/mol. The molecule has 1 heterocycles. The molecule has 0 saturated carbocycles. The number of nitrogens with two attached hydrogens (primary N) is 1. The van der Waals surface area contributed by atoms with Gasteiger partial charge in [-0.2, -0.15) is 0 Å². The van der Waals surface area contributed by atoms with Crippen LogP contribution in [0.1, 0.15) is 29.3 Å². The Kier molecular flexibility index (Phi) is 1.93. The molecule has 0 aliphatic heterocycles. The van der Waals surface area contributed by atoms with Crippen molar-refractivity contribution in [3.63, 3.8) is 0 Å². The highest BCUT2D eigenvalue weighted by Crippen LogP contribution is 2.46. The predicted molar refractivity (Wildman–Crippen MR) is 59.7 cm³/mol. The van der Waals surface area contributed by atoms with Gasteiger partial charge >= 0.3 is 0 Å². The maximum Gasteiger partial charge on any atom is 0.149 e. The molecule has 3 rings (SSSR count). The molecule has 1 aliphatic rings. The first-order chi connectivity index (χ1) is 7.72. The molecule has 0 radical (unpaired) electrons. The van der Waals surface area contributed by atoms with Crippen LogP contribution in [0.25, 0.3) is 0 Å². The fraction of sp³-hybridized carbons (Fsp3) is 0.231.